The van der Waals surface area contributed by atoms with Crippen LogP contribution < -0.4 is 5.73 Å². The van der Waals surface area contributed by atoms with Crippen LogP contribution in [0.5, 0.6) is 0 Å². The Kier molecular flexibility index (Phi) is 3.90. The van der Waals surface area contributed by atoms with E-state index in [-0.39, 0.29) is 11.4 Å². The van der Waals surface area contributed by atoms with Gasteiger partial charge in [0.15, 0.2) is 0 Å². The van der Waals surface area contributed by atoms with Crippen LogP contribution in [0.25, 0.3) is 15.7 Å². The lowest BCUT2D eigenvalue weighted by Gasteiger charge is -2.28. The molecule has 0 spiro atoms. The van der Waals surface area contributed by atoms with E-state index in [0.717, 1.165) is 26.9 Å². The van der Waals surface area contributed by atoms with E-state index in [2.05, 4.69) is 23.2 Å². The summed E-state index contributed by atoms with van der Waals surface area (Å²) in [5.41, 5.74) is 8.06. The molecule has 0 amide bonds. The molecule has 3 unspecified atom stereocenters. The van der Waals surface area contributed by atoms with Crippen molar-refractivity contribution in [2.45, 2.75) is 11.7 Å². The van der Waals surface area contributed by atoms with Crippen LogP contribution in [0.3, 0.4) is 0 Å². The minimum atomic E-state index is -1.03. The van der Waals surface area contributed by atoms with Gasteiger partial charge in [-0.25, -0.2) is 4.39 Å². The van der Waals surface area contributed by atoms with E-state index in [4.69, 9.17) is 5.73 Å². The molecule has 0 bridgehead atoms. The molecule has 2 heterocycles. The summed E-state index contributed by atoms with van der Waals surface area (Å²) in [5, 5.41) is 2.21. The number of hydrogen-bond donors (Lipinski definition) is 1. The van der Waals surface area contributed by atoms with Crippen LogP contribution in [0.15, 0.2) is 66.7 Å². The Hall–Kier alpha value is -2.11. The van der Waals surface area contributed by atoms with Gasteiger partial charge in [0, 0.05) is 35.4 Å². The summed E-state index contributed by atoms with van der Waals surface area (Å²) in [6.07, 6.45) is 9.78. The molecule has 2 aromatic rings. The number of rotatable bonds is 2. The van der Waals surface area contributed by atoms with E-state index >= 15 is 0 Å². The molecule has 3 atom stereocenters. The molecular formula is C19H18FN3S. The van der Waals surface area contributed by atoms with E-state index in [1.807, 2.05) is 36.4 Å². The van der Waals surface area contributed by atoms with E-state index in [0.29, 0.717) is 0 Å². The van der Waals surface area contributed by atoms with Gasteiger partial charge in [0.1, 0.15) is 11.7 Å². The SMILES string of the molecule is CN1C(C2C=CC=CC2F)=C(c2ccc3cnccc3c2)SC1N. The Balaban J connectivity index is 1.84. The van der Waals surface area contributed by atoms with Gasteiger partial charge in [0.25, 0.3) is 0 Å². The highest BCUT2D eigenvalue weighted by Crippen LogP contribution is 2.46. The van der Waals surface area contributed by atoms with Gasteiger partial charge in [-0.15, -0.1) is 0 Å². The minimum absolute atomic E-state index is 0.199. The van der Waals surface area contributed by atoms with Gasteiger partial charge < -0.3 is 10.6 Å². The van der Waals surface area contributed by atoms with Crippen molar-refractivity contribution in [3.05, 3.63) is 72.2 Å². The first kappa shape index (κ1) is 15.4. The lowest BCUT2D eigenvalue weighted by Crippen LogP contribution is -2.35. The van der Waals surface area contributed by atoms with Crippen molar-refractivity contribution in [2.75, 3.05) is 7.05 Å². The highest BCUT2D eigenvalue weighted by atomic mass is 32.2. The lowest BCUT2D eigenvalue weighted by molar-refractivity contribution is 0.288. The first-order valence-corrected chi connectivity index (χ1v) is 8.75. The molecule has 5 heteroatoms. The summed E-state index contributed by atoms with van der Waals surface area (Å²) in [5.74, 6) is -0.302. The van der Waals surface area contributed by atoms with Crippen LogP contribution >= 0.6 is 11.8 Å². The molecule has 122 valence electrons. The van der Waals surface area contributed by atoms with E-state index in [1.165, 1.54) is 0 Å². The van der Waals surface area contributed by atoms with Crippen LogP contribution in [0.2, 0.25) is 0 Å². The van der Waals surface area contributed by atoms with Gasteiger partial charge in [-0.3, -0.25) is 4.98 Å². The monoisotopic (exact) mass is 339 g/mol. The molecule has 0 fully saturated rings. The Morgan fingerprint density at radius 3 is 2.83 bits per heavy atom. The third-order valence-corrected chi connectivity index (χ3v) is 5.76. The smallest absolute Gasteiger partial charge is 0.130 e. The summed E-state index contributed by atoms with van der Waals surface area (Å²) in [6, 6.07) is 8.23. The standard InChI is InChI=1S/C19H18FN3S/c1-23-17(15-4-2-3-5-16(15)20)18(24-19(23)21)13-6-7-14-11-22-9-8-12(14)10-13/h2-11,15-16,19H,21H2,1H3. The third-order valence-electron chi connectivity index (χ3n) is 4.52. The molecule has 0 radical (unpaired) electrons. The Labute approximate surface area is 144 Å². The molecule has 1 aromatic heterocycles. The second kappa shape index (κ2) is 6.07. The zero-order valence-corrected chi connectivity index (χ0v) is 14.1. The number of thioether (sulfide) groups is 1. The second-order valence-electron chi connectivity index (χ2n) is 6.01. The van der Waals surface area contributed by atoms with Crippen LogP contribution in [-0.4, -0.2) is 28.6 Å². The predicted octanol–water partition coefficient (Wildman–Crippen LogP) is 3.90. The fraction of sp³-hybridized carbons (Fsp3) is 0.211. The molecule has 3 nitrogen and oxygen atoms in total. The quantitative estimate of drug-likeness (QED) is 0.901. The van der Waals surface area contributed by atoms with Crippen LogP contribution in [0.1, 0.15) is 5.56 Å². The van der Waals surface area contributed by atoms with Gasteiger partial charge in [0.05, 0.1) is 5.92 Å². The summed E-state index contributed by atoms with van der Waals surface area (Å²) in [4.78, 5) is 7.19. The largest absolute Gasteiger partial charge is 0.352 e. The fourth-order valence-electron chi connectivity index (χ4n) is 3.21. The van der Waals surface area contributed by atoms with E-state index < -0.39 is 6.17 Å². The molecule has 4 rings (SSSR count). The number of alkyl halides is 1. The topological polar surface area (TPSA) is 42.2 Å². The molecule has 1 aliphatic carbocycles. The number of hydrogen-bond acceptors (Lipinski definition) is 4. The zero-order valence-electron chi connectivity index (χ0n) is 13.3. The van der Waals surface area contributed by atoms with Crippen molar-refractivity contribution >= 4 is 27.4 Å². The molecule has 0 saturated heterocycles. The van der Waals surface area contributed by atoms with Gasteiger partial charge in [0.2, 0.25) is 0 Å². The van der Waals surface area contributed by atoms with Gasteiger partial charge in [-0.05, 0) is 29.2 Å². The molecule has 1 aromatic carbocycles. The molecule has 0 saturated carbocycles. The number of benzene rings is 1. The van der Waals surface area contributed by atoms with Gasteiger partial charge in [-0.2, -0.15) is 0 Å². The van der Waals surface area contributed by atoms with Gasteiger partial charge >= 0.3 is 0 Å². The summed E-state index contributed by atoms with van der Waals surface area (Å²) in [7, 11) is 1.93. The highest BCUT2D eigenvalue weighted by Gasteiger charge is 2.35. The number of pyridine rings is 1. The van der Waals surface area contributed by atoms with Crippen LogP contribution in [0, 0.1) is 5.92 Å². The summed E-state index contributed by atoms with van der Waals surface area (Å²) in [6.45, 7) is 0. The first-order valence-electron chi connectivity index (χ1n) is 7.87. The van der Waals surface area contributed by atoms with Crippen molar-refractivity contribution in [1.82, 2.24) is 9.88 Å². The first-order chi connectivity index (χ1) is 11.6. The van der Waals surface area contributed by atoms with Crippen LogP contribution in [0.4, 0.5) is 4.39 Å². The number of allylic oxidation sites excluding steroid dienone is 4. The maximum Gasteiger partial charge on any atom is 0.130 e. The number of fused-ring (bicyclic) bond motifs is 1. The van der Waals surface area contributed by atoms with Crippen molar-refractivity contribution < 1.29 is 4.39 Å². The fourth-order valence-corrected chi connectivity index (χ4v) is 4.38. The maximum atomic E-state index is 14.5. The van der Waals surface area contributed by atoms with Crippen molar-refractivity contribution in [3.8, 4) is 0 Å². The average Bonchev–Trinajstić information content (AvgIpc) is 2.90. The average molecular weight is 339 g/mol. The molecule has 2 aliphatic rings. The molecule has 1 aliphatic heterocycles. The van der Waals surface area contributed by atoms with Crippen molar-refractivity contribution in [3.63, 3.8) is 0 Å². The summed E-state index contributed by atoms with van der Waals surface area (Å²) < 4.78 is 14.5. The number of nitrogens with two attached hydrogens (primary N) is 1. The highest BCUT2D eigenvalue weighted by molar-refractivity contribution is 8.09. The molecule has 2 N–H and O–H groups in total. The second-order valence-corrected chi connectivity index (χ2v) is 7.14. The van der Waals surface area contributed by atoms with E-state index in [9.17, 15) is 4.39 Å². The maximum absolute atomic E-state index is 14.5. The number of aromatic nitrogens is 1. The van der Waals surface area contributed by atoms with Crippen LogP contribution in [-0.2, 0) is 0 Å². The van der Waals surface area contributed by atoms with Crippen molar-refractivity contribution in [1.29, 1.82) is 0 Å². The molecular weight excluding hydrogens is 321 g/mol. The Bertz CT molecular complexity index is 874. The zero-order chi connectivity index (χ0) is 16.7. The lowest BCUT2D eigenvalue weighted by atomic mass is 9.93. The Morgan fingerprint density at radius 1 is 1.17 bits per heavy atom. The van der Waals surface area contributed by atoms with E-state index in [1.54, 1.807) is 30.1 Å². The van der Waals surface area contributed by atoms with Gasteiger partial charge in [-0.1, -0.05) is 42.1 Å². The summed E-state index contributed by atoms with van der Waals surface area (Å²) >= 11 is 1.58. The normalized spacial score (nSPS) is 26.6. The van der Waals surface area contributed by atoms with Crippen molar-refractivity contribution in [2.24, 2.45) is 11.7 Å². The minimum Gasteiger partial charge on any atom is -0.352 e. The third kappa shape index (κ3) is 2.54. The number of halogens is 1. The number of nitrogens with zero attached hydrogens (tertiary/aromatic N) is 2. The molecule has 24 heavy (non-hydrogen) atoms. The predicted molar refractivity (Wildman–Crippen MR) is 98.7 cm³/mol. The Morgan fingerprint density at radius 2 is 2.00 bits per heavy atom.